The molecule has 0 N–H and O–H groups in total. The van der Waals surface area contributed by atoms with Gasteiger partial charge in [-0.15, -0.1) is 10.2 Å². The van der Waals surface area contributed by atoms with Crippen LogP contribution in [-0.2, 0) is 6.54 Å². The molecule has 0 aliphatic carbocycles. The molecule has 1 unspecified atom stereocenters. The van der Waals surface area contributed by atoms with Crippen LogP contribution < -0.4 is 4.74 Å². The molecule has 0 amide bonds. The summed E-state index contributed by atoms with van der Waals surface area (Å²) >= 11 is 0. The fourth-order valence-electron chi connectivity index (χ4n) is 2.84. The molecule has 0 saturated carbocycles. The van der Waals surface area contributed by atoms with Gasteiger partial charge in [-0.1, -0.05) is 35.4 Å². The van der Waals surface area contributed by atoms with E-state index < -0.39 is 0 Å². The predicted molar refractivity (Wildman–Crippen MR) is 102 cm³/mol. The molecule has 3 rings (SSSR count). The van der Waals surface area contributed by atoms with Gasteiger partial charge in [0.05, 0.1) is 13.2 Å². The Morgan fingerprint density at radius 3 is 2.42 bits per heavy atom. The molecular weight excluding hydrogens is 326 g/mol. The zero-order valence-corrected chi connectivity index (χ0v) is 16.0. The molecule has 3 aromatic rings. The van der Waals surface area contributed by atoms with Gasteiger partial charge < -0.3 is 9.15 Å². The first-order valence-electron chi connectivity index (χ1n) is 8.72. The number of benzene rings is 2. The van der Waals surface area contributed by atoms with E-state index in [4.69, 9.17) is 9.15 Å². The average Bonchev–Trinajstić information content (AvgIpc) is 3.12. The van der Waals surface area contributed by atoms with Crippen molar-refractivity contribution in [2.75, 3.05) is 14.2 Å². The fraction of sp³-hybridized carbons (Fsp3) is 0.333. The highest BCUT2D eigenvalue weighted by molar-refractivity contribution is 5.52. The molecule has 0 bridgehead atoms. The van der Waals surface area contributed by atoms with Crippen LogP contribution in [0.25, 0.3) is 11.5 Å². The minimum absolute atomic E-state index is 0.00748. The van der Waals surface area contributed by atoms with E-state index in [9.17, 15) is 0 Å². The van der Waals surface area contributed by atoms with Gasteiger partial charge in [0.2, 0.25) is 11.8 Å². The summed E-state index contributed by atoms with van der Waals surface area (Å²) in [5.41, 5.74) is 4.49. The van der Waals surface area contributed by atoms with Crippen molar-refractivity contribution in [2.45, 2.75) is 33.4 Å². The van der Waals surface area contributed by atoms with Crippen LogP contribution in [0.1, 0.15) is 35.5 Å². The highest BCUT2D eigenvalue weighted by Gasteiger charge is 2.20. The van der Waals surface area contributed by atoms with Crippen LogP contribution in [-0.4, -0.2) is 29.3 Å². The minimum atomic E-state index is -0.00748. The number of hydrogen-bond donors (Lipinski definition) is 0. The Morgan fingerprint density at radius 2 is 1.73 bits per heavy atom. The molecular formula is C21H25N3O2. The molecule has 0 spiro atoms. The van der Waals surface area contributed by atoms with Gasteiger partial charge in [-0.25, -0.2) is 0 Å². The maximum absolute atomic E-state index is 5.92. The van der Waals surface area contributed by atoms with Crippen LogP contribution in [0.4, 0.5) is 0 Å². The Balaban J connectivity index is 1.76. The molecule has 1 aromatic heterocycles. The Hall–Kier alpha value is -2.66. The van der Waals surface area contributed by atoms with Gasteiger partial charge in [0.1, 0.15) is 5.75 Å². The first kappa shape index (κ1) is 18.1. The summed E-state index contributed by atoms with van der Waals surface area (Å²) in [6, 6.07) is 14.3. The largest absolute Gasteiger partial charge is 0.496 e. The van der Waals surface area contributed by atoms with Crippen LogP contribution in [0, 0.1) is 13.8 Å². The predicted octanol–water partition coefficient (Wildman–Crippen LogP) is 4.56. The van der Waals surface area contributed by atoms with Crippen molar-refractivity contribution in [2.24, 2.45) is 0 Å². The molecule has 0 aliphatic heterocycles. The van der Waals surface area contributed by atoms with Gasteiger partial charge in [0, 0.05) is 17.7 Å². The maximum Gasteiger partial charge on any atom is 0.247 e. The molecule has 0 fully saturated rings. The SMILES string of the molecule is COc1ccc(C)cc1CN(C)C(C)c1nnc(-c2ccc(C)cc2)o1. The summed E-state index contributed by atoms with van der Waals surface area (Å²) in [4.78, 5) is 2.17. The van der Waals surface area contributed by atoms with Gasteiger partial charge in [0.15, 0.2) is 0 Å². The molecule has 0 aliphatic rings. The van der Waals surface area contributed by atoms with Crippen LogP contribution in [0.15, 0.2) is 46.9 Å². The Bertz CT molecular complexity index is 871. The van der Waals surface area contributed by atoms with Crippen molar-refractivity contribution in [1.82, 2.24) is 15.1 Å². The number of hydrogen-bond acceptors (Lipinski definition) is 5. The Labute approximate surface area is 154 Å². The Morgan fingerprint density at radius 1 is 1.04 bits per heavy atom. The van der Waals surface area contributed by atoms with Crippen molar-refractivity contribution < 1.29 is 9.15 Å². The molecule has 0 saturated heterocycles. The van der Waals surface area contributed by atoms with E-state index in [-0.39, 0.29) is 6.04 Å². The molecule has 136 valence electrons. The number of rotatable bonds is 6. The fourth-order valence-corrected chi connectivity index (χ4v) is 2.84. The molecule has 1 heterocycles. The van der Waals surface area contributed by atoms with Gasteiger partial charge in [-0.3, -0.25) is 4.90 Å². The van der Waals surface area contributed by atoms with E-state index in [0.29, 0.717) is 11.8 Å². The normalized spacial score (nSPS) is 12.4. The summed E-state index contributed by atoms with van der Waals surface area (Å²) in [6.07, 6.45) is 0. The van der Waals surface area contributed by atoms with E-state index in [2.05, 4.69) is 48.0 Å². The van der Waals surface area contributed by atoms with Gasteiger partial charge >= 0.3 is 0 Å². The van der Waals surface area contributed by atoms with Crippen molar-refractivity contribution >= 4 is 0 Å². The molecule has 5 nitrogen and oxygen atoms in total. The van der Waals surface area contributed by atoms with Gasteiger partial charge in [0.25, 0.3) is 0 Å². The lowest BCUT2D eigenvalue weighted by Gasteiger charge is -2.23. The van der Waals surface area contributed by atoms with Crippen molar-refractivity contribution in [3.05, 3.63) is 65.0 Å². The van der Waals surface area contributed by atoms with Gasteiger partial charge in [-0.05, 0) is 46.0 Å². The molecule has 5 heteroatoms. The molecule has 0 radical (unpaired) electrons. The maximum atomic E-state index is 5.92. The number of nitrogens with zero attached hydrogens (tertiary/aromatic N) is 3. The van der Waals surface area contributed by atoms with E-state index in [1.54, 1.807) is 7.11 Å². The number of ether oxygens (including phenoxy) is 1. The van der Waals surface area contributed by atoms with Crippen LogP contribution in [0.5, 0.6) is 5.75 Å². The number of aromatic nitrogens is 2. The smallest absolute Gasteiger partial charge is 0.247 e. The van der Waals surface area contributed by atoms with E-state index >= 15 is 0 Å². The lowest BCUT2D eigenvalue weighted by Crippen LogP contribution is -2.22. The van der Waals surface area contributed by atoms with Gasteiger partial charge in [-0.2, -0.15) is 0 Å². The van der Waals surface area contributed by atoms with Crippen molar-refractivity contribution in [3.8, 4) is 17.2 Å². The minimum Gasteiger partial charge on any atom is -0.496 e. The Kier molecular flexibility index (Phi) is 5.38. The summed E-state index contributed by atoms with van der Waals surface area (Å²) in [5.74, 6) is 2.05. The zero-order valence-electron chi connectivity index (χ0n) is 16.0. The van der Waals surface area contributed by atoms with E-state index in [1.807, 2.05) is 37.4 Å². The van der Waals surface area contributed by atoms with Crippen LogP contribution >= 0.6 is 0 Å². The number of aryl methyl sites for hydroxylation is 2. The first-order chi connectivity index (χ1) is 12.5. The number of methoxy groups -OCH3 is 1. The summed E-state index contributed by atoms with van der Waals surface area (Å²) in [6.45, 7) is 6.93. The van der Waals surface area contributed by atoms with Crippen LogP contribution in [0.2, 0.25) is 0 Å². The zero-order chi connectivity index (χ0) is 18.7. The second-order valence-corrected chi connectivity index (χ2v) is 6.72. The topological polar surface area (TPSA) is 51.4 Å². The summed E-state index contributed by atoms with van der Waals surface area (Å²) in [5, 5.41) is 8.45. The van der Waals surface area contributed by atoms with E-state index in [1.165, 1.54) is 11.1 Å². The van der Waals surface area contributed by atoms with Crippen molar-refractivity contribution in [1.29, 1.82) is 0 Å². The summed E-state index contributed by atoms with van der Waals surface area (Å²) < 4.78 is 11.4. The monoisotopic (exact) mass is 351 g/mol. The average molecular weight is 351 g/mol. The first-order valence-corrected chi connectivity index (χ1v) is 8.72. The van der Waals surface area contributed by atoms with Crippen LogP contribution in [0.3, 0.4) is 0 Å². The van der Waals surface area contributed by atoms with Crippen molar-refractivity contribution in [3.63, 3.8) is 0 Å². The standard InChI is InChI=1S/C21H25N3O2/c1-14-6-9-17(10-7-14)21-23-22-20(26-21)16(3)24(4)13-18-12-15(2)8-11-19(18)25-5/h6-12,16H,13H2,1-5H3. The third-order valence-corrected chi connectivity index (χ3v) is 4.61. The highest BCUT2D eigenvalue weighted by atomic mass is 16.5. The molecule has 26 heavy (non-hydrogen) atoms. The molecule has 2 aromatic carbocycles. The highest BCUT2D eigenvalue weighted by Crippen LogP contribution is 2.27. The lowest BCUT2D eigenvalue weighted by atomic mass is 10.1. The molecule has 1 atom stereocenters. The quantitative estimate of drug-likeness (QED) is 0.652. The second kappa shape index (κ2) is 7.70. The summed E-state index contributed by atoms with van der Waals surface area (Å²) in [7, 11) is 3.74. The third-order valence-electron chi connectivity index (χ3n) is 4.61. The van der Waals surface area contributed by atoms with E-state index in [0.717, 1.165) is 23.4 Å². The second-order valence-electron chi connectivity index (χ2n) is 6.72. The third kappa shape index (κ3) is 3.94. The lowest BCUT2D eigenvalue weighted by molar-refractivity contribution is 0.215.